The molecule has 0 amide bonds. The highest BCUT2D eigenvalue weighted by molar-refractivity contribution is 5.79. The lowest BCUT2D eigenvalue weighted by Crippen LogP contribution is -2.39. The van der Waals surface area contributed by atoms with Crippen molar-refractivity contribution in [2.75, 3.05) is 53.2 Å². The first-order chi connectivity index (χ1) is 12.8. The van der Waals surface area contributed by atoms with Gasteiger partial charge in [0.25, 0.3) is 0 Å². The Balaban J connectivity index is 1.56. The molecular weight excluding hydrogens is 330 g/mol. The Morgan fingerprint density at radius 3 is 2.88 bits per heavy atom. The highest BCUT2D eigenvalue weighted by Gasteiger charge is 2.15. The molecule has 146 valence electrons. The lowest BCUT2D eigenvalue weighted by atomic mass is 10.1. The van der Waals surface area contributed by atoms with Gasteiger partial charge in [-0.05, 0) is 37.8 Å². The molecule has 1 fully saturated rings. The number of guanidine groups is 1. The van der Waals surface area contributed by atoms with Gasteiger partial charge in [-0.25, -0.2) is 0 Å². The van der Waals surface area contributed by atoms with Gasteiger partial charge < -0.3 is 24.8 Å². The minimum absolute atomic E-state index is 0.581. The van der Waals surface area contributed by atoms with E-state index < -0.39 is 0 Å². The van der Waals surface area contributed by atoms with Crippen molar-refractivity contribution in [3.63, 3.8) is 0 Å². The Morgan fingerprint density at radius 1 is 1.27 bits per heavy atom. The zero-order valence-corrected chi connectivity index (χ0v) is 16.1. The number of benzene rings is 1. The average molecular weight is 364 g/mol. The van der Waals surface area contributed by atoms with Gasteiger partial charge in [-0.3, -0.25) is 4.99 Å². The summed E-state index contributed by atoms with van der Waals surface area (Å²) in [6, 6.07) is 8.17. The zero-order valence-electron chi connectivity index (χ0n) is 16.1. The number of ether oxygens (including phenoxy) is 3. The number of nitrogens with zero attached hydrogens (tertiary/aromatic N) is 1. The molecule has 1 aromatic carbocycles. The van der Waals surface area contributed by atoms with Gasteiger partial charge in [0.1, 0.15) is 5.75 Å². The molecular formula is C20H33N3O3. The Kier molecular flexibility index (Phi) is 9.90. The van der Waals surface area contributed by atoms with Crippen molar-refractivity contribution < 1.29 is 14.2 Å². The molecule has 1 saturated heterocycles. The molecule has 6 nitrogen and oxygen atoms in total. The summed E-state index contributed by atoms with van der Waals surface area (Å²) >= 11 is 0. The Bertz CT molecular complexity index is 531. The van der Waals surface area contributed by atoms with Crippen molar-refractivity contribution in [2.24, 2.45) is 10.9 Å². The molecule has 1 unspecified atom stereocenters. The summed E-state index contributed by atoms with van der Waals surface area (Å²) < 4.78 is 16.7. The molecule has 2 N–H and O–H groups in total. The quantitative estimate of drug-likeness (QED) is 0.359. The molecule has 0 saturated carbocycles. The summed E-state index contributed by atoms with van der Waals surface area (Å²) in [5.74, 6) is 2.37. The van der Waals surface area contributed by atoms with Crippen LogP contribution in [0.3, 0.4) is 0 Å². The molecule has 0 aliphatic carbocycles. The third-order valence-corrected chi connectivity index (χ3v) is 4.32. The van der Waals surface area contributed by atoms with E-state index in [-0.39, 0.29) is 0 Å². The smallest absolute Gasteiger partial charge is 0.190 e. The van der Waals surface area contributed by atoms with Crippen LogP contribution >= 0.6 is 0 Å². The second kappa shape index (κ2) is 12.5. The van der Waals surface area contributed by atoms with Gasteiger partial charge in [-0.2, -0.15) is 0 Å². The predicted molar refractivity (Wildman–Crippen MR) is 105 cm³/mol. The van der Waals surface area contributed by atoms with Gasteiger partial charge in [0.05, 0.1) is 19.8 Å². The summed E-state index contributed by atoms with van der Waals surface area (Å²) in [6.07, 6.45) is 2.98. The fourth-order valence-electron chi connectivity index (χ4n) is 2.89. The minimum Gasteiger partial charge on any atom is -0.494 e. The van der Waals surface area contributed by atoms with Crippen molar-refractivity contribution >= 4 is 5.96 Å². The maximum absolute atomic E-state index is 5.71. The predicted octanol–water partition coefficient (Wildman–Crippen LogP) is 2.24. The van der Waals surface area contributed by atoms with Crippen LogP contribution in [0.5, 0.6) is 5.75 Å². The van der Waals surface area contributed by atoms with Gasteiger partial charge >= 0.3 is 0 Å². The fourth-order valence-corrected chi connectivity index (χ4v) is 2.89. The van der Waals surface area contributed by atoms with Crippen molar-refractivity contribution in [3.05, 3.63) is 29.8 Å². The summed E-state index contributed by atoms with van der Waals surface area (Å²) in [6.45, 7) is 7.65. The van der Waals surface area contributed by atoms with Crippen LogP contribution in [0, 0.1) is 5.92 Å². The average Bonchev–Trinajstić information content (AvgIpc) is 3.18. The number of nitrogens with one attached hydrogen (secondary N) is 2. The molecule has 2 rings (SSSR count). The number of hydrogen-bond acceptors (Lipinski definition) is 4. The molecule has 1 heterocycles. The van der Waals surface area contributed by atoms with E-state index in [2.05, 4.69) is 21.7 Å². The largest absolute Gasteiger partial charge is 0.494 e. The van der Waals surface area contributed by atoms with Crippen molar-refractivity contribution in [1.29, 1.82) is 0 Å². The molecule has 1 aliphatic heterocycles. The normalized spacial score (nSPS) is 17.3. The van der Waals surface area contributed by atoms with E-state index in [4.69, 9.17) is 14.2 Å². The van der Waals surface area contributed by atoms with E-state index in [1.807, 2.05) is 25.1 Å². The lowest BCUT2D eigenvalue weighted by Gasteiger charge is -2.14. The highest BCUT2D eigenvalue weighted by Crippen LogP contribution is 2.18. The number of aliphatic imine (C=N–C) groups is 1. The van der Waals surface area contributed by atoms with Crippen molar-refractivity contribution in [3.8, 4) is 5.75 Å². The van der Waals surface area contributed by atoms with E-state index in [0.717, 1.165) is 70.5 Å². The van der Waals surface area contributed by atoms with Crippen LogP contribution in [0.4, 0.5) is 0 Å². The molecule has 0 radical (unpaired) electrons. The summed E-state index contributed by atoms with van der Waals surface area (Å²) in [5.41, 5.74) is 1.21. The van der Waals surface area contributed by atoms with Crippen LogP contribution in [-0.2, 0) is 15.9 Å². The summed E-state index contributed by atoms with van der Waals surface area (Å²) in [4.78, 5) is 4.26. The van der Waals surface area contributed by atoms with Crippen LogP contribution in [0.1, 0.15) is 25.3 Å². The summed E-state index contributed by atoms with van der Waals surface area (Å²) in [7, 11) is 1.79. The molecule has 26 heavy (non-hydrogen) atoms. The van der Waals surface area contributed by atoms with E-state index in [1.54, 1.807) is 7.05 Å². The number of rotatable bonds is 11. The van der Waals surface area contributed by atoms with Crippen LogP contribution in [0.15, 0.2) is 29.3 Å². The number of hydrogen-bond donors (Lipinski definition) is 2. The Morgan fingerprint density at radius 2 is 2.12 bits per heavy atom. The van der Waals surface area contributed by atoms with E-state index in [9.17, 15) is 0 Å². The second-order valence-electron chi connectivity index (χ2n) is 6.37. The first-order valence-corrected chi connectivity index (χ1v) is 9.64. The molecule has 0 spiro atoms. The van der Waals surface area contributed by atoms with Gasteiger partial charge in [-0.15, -0.1) is 0 Å². The van der Waals surface area contributed by atoms with Crippen LogP contribution in [-0.4, -0.2) is 59.1 Å². The van der Waals surface area contributed by atoms with E-state index in [1.165, 1.54) is 5.56 Å². The van der Waals surface area contributed by atoms with Crippen LogP contribution < -0.4 is 15.4 Å². The van der Waals surface area contributed by atoms with Gasteiger partial charge in [0.15, 0.2) is 5.96 Å². The molecule has 1 aliphatic rings. The van der Waals surface area contributed by atoms with Crippen molar-refractivity contribution in [2.45, 2.75) is 26.2 Å². The fraction of sp³-hybridized carbons (Fsp3) is 0.650. The van der Waals surface area contributed by atoms with Gasteiger partial charge in [0, 0.05) is 39.3 Å². The lowest BCUT2D eigenvalue weighted by molar-refractivity contribution is 0.0888. The van der Waals surface area contributed by atoms with Crippen molar-refractivity contribution in [1.82, 2.24) is 10.6 Å². The maximum Gasteiger partial charge on any atom is 0.190 e. The Hall–Kier alpha value is -1.79. The first-order valence-electron chi connectivity index (χ1n) is 9.64. The summed E-state index contributed by atoms with van der Waals surface area (Å²) in [5, 5.41) is 6.68. The van der Waals surface area contributed by atoms with Crippen LogP contribution in [0.2, 0.25) is 0 Å². The zero-order chi connectivity index (χ0) is 18.5. The second-order valence-corrected chi connectivity index (χ2v) is 6.37. The third-order valence-electron chi connectivity index (χ3n) is 4.32. The van der Waals surface area contributed by atoms with Gasteiger partial charge in [0.2, 0.25) is 0 Å². The van der Waals surface area contributed by atoms with E-state index in [0.29, 0.717) is 12.5 Å². The molecule has 0 aromatic heterocycles. The minimum atomic E-state index is 0.581. The van der Waals surface area contributed by atoms with Crippen LogP contribution in [0.25, 0.3) is 0 Å². The number of para-hydroxylation sites is 1. The third kappa shape index (κ3) is 7.62. The molecule has 1 aromatic rings. The standard InChI is InChI=1S/C20H33N3O3/c1-3-26-19-8-5-4-7-18(19)9-12-23-20(21-2)22-11-6-13-24-15-17-10-14-25-16-17/h4-5,7-8,17H,3,6,9-16H2,1-2H3,(H2,21,22,23). The monoisotopic (exact) mass is 363 g/mol. The first kappa shape index (κ1) is 20.5. The molecule has 0 bridgehead atoms. The van der Waals surface area contributed by atoms with E-state index >= 15 is 0 Å². The SMILES string of the molecule is CCOc1ccccc1CCNC(=NC)NCCCOCC1CCOC1. The van der Waals surface area contributed by atoms with Gasteiger partial charge in [-0.1, -0.05) is 18.2 Å². The molecule has 6 heteroatoms. The molecule has 1 atom stereocenters. The highest BCUT2D eigenvalue weighted by atomic mass is 16.5. The topological polar surface area (TPSA) is 64.1 Å². The maximum atomic E-state index is 5.71. The Labute approximate surface area is 157 Å².